The van der Waals surface area contributed by atoms with Gasteiger partial charge in [0.25, 0.3) is 0 Å². The summed E-state index contributed by atoms with van der Waals surface area (Å²) in [7, 11) is 0. The van der Waals surface area contributed by atoms with Gasteiger partial charge >= 0.3 is 6.03 Å². The molecular weight excluding hydrogens is 321 g/mol. The van der Waals surface area contributed by atoms with Gasteiger partial charge in [-0.2, -0.15) is 0 Å². The molecule has 0 spiro atoms. The number of aryl methyl sites for hydroxylation is 1. The molecule has 0 fully saturated rings. The van der Waals surface area contributed by atoms with Crippen molar-refractivity contribution in [1.82, 2.24) is 5.32 Å². The molecule has 1 atom stereocenters. The van der Waals surface area contributed by atoms with Gasteiger partial charge in [-0.05, 0) is 47.5 Å². The number of nitrogens with one attached hydrogen (secondary N) is 2. The molecule has 18 heavy (non-hydrogen) atoms. The molecule has 7 heteroatoms. The van der Waals surface area contributed by atoms with Gasteiger partial charge in [0, 0.05) is 9.50 Å². The number of benzene rings is 1. The first kappa shape index (κ1) is 14.8. The number of primary amides is 1. The fourth-order valence-corrected chi connectivity index (χ4v) is 2.02. The Morgan fingerprint density at radius 3 is 2.61 bits per heavy atom. The Labute approximate surface area is 118 Å². The normalized spacial score (nSPS) is 11.8. The van der Waals surface area contributed by atoms with Crippen LogP contribution >= 0.6 is 27.5 Å². The maximum absolute atomic E-state index is 11.5. The molecule has 0 aliphatic carbocycles. The topological polar surface area (TPSA) is 84.2 Å². The average molecular weight is 335 g/mol. The van der Waals surface area contributed by atoms with E-state index in [1.54, 1.807) is 13.0 Å². The van der Waals surface area contributed by atoms with Crippen molar-refractivity contribution in [2.24, 2.45) is 5.73 Å². The number of carbonyl (C=O) groups is 2. The molecule has 4 N–H and O–H groups in total. The van der Waals surface area contributed by atoms with Crippen LogP contribution in [-0.4, -0.2) is 18.0 Å². The van der Waals surface area contributed by atoms with Gasteiger partial charge in [0.2, 0.25) is 5.91 Å². The van der Waals surface area contributed by atoms with E-state index in [2.05, 4.69) is 21.2 Å². The summed E-state index contributed by atoms with van der Waals surface area (Å²) in [6.07, 6.45) is 0. The van der Waals surface area contributed by atoms with Crippen LogP contribution in [0.2, 0.25) is 5.02 Å². The van der Waals surface area contributed by atoms with E-state index in [-0.39, 0.29) is 0 Å². The molecule has 3 amide bonds. The third-order valence-electron chi connectivity index (χ3n) is 2.26. The lowest BCUT2D eigenvalue weighted by molar-refractivity contribution is -0.120. The van der Waals surface area contributed by atoms with Crippen LogP contribution in [0, 0.1) is 6.92 Å². The van der Waals surface area contributed by atoms with E-state index in [1.807, 2.05) is 18.3 Å². The molecule has 0 aliphatic heterocycles. The van der Waals surface area contributed by atoms with Gasteiger partial charge < -0.3 is 11.1 Å². The maximum Gasteiger partial charge on any atom is 0.318 e. The number of rotatable bonds is 3. The predicted molar refractivity (Wildman–Crippen MR) is 74.7 cm³/mol. The summed E-state index contributed by atoms with van der Waals surface area (Å²) in [6, 6.07) is 2.04. The highest BCUT2D eigenvalue weighted by Gasteiger charge is 2.15. The molecule has 5 nitrogen and oxygen atoms in total. The molecule has 0 saturated carbocycles. The zero-order chi connectivity index (χ0) is 13.9. The van der Waals surface area contributed by atoms with Crippen LogP contribution < -0.4 is 16.4 Å². The molecular formula is C11H13BrClN3O2. The van der Waals surface area contributed by atoms with Crippen molar-refractivity contribution in [2.75, 3.05) is 5.32 Å². The summed E-state index contributed by atoms with van der Waals surface area (Å²) in [5.41, 5.74) is 6.45. The monoisotopic (exact) mass is 333 g/mol. The van der Waals surface area contributed by atoms with Gasteiger partial charge in [0.05, 0.1) is 5.69 Å². The molecule has 0 radical (unpaired) electrons. The lowest BCUT2D eigenvalue weighted by Crippen LogP contribution is -2.43. The van der Waals surface area contributed by atoms with E-state index in [9.17, 15) is 9.59 Å². The molecule has 0 bridgehead atoms. The summed E-state index contributed by atoms with van der Waals surface area (Å²) in [5, 5.41) is 5.52. The van der Waals surface area contributed by atoms with Crippen LogP contribution in [0.15, 0.2) is 16.6 Å². The second-order valence-corrected chi connectivity index (χ2v) is 5.06. The summed E-state index contributed by atoms with van der Waals surface area (Å²) in [6.45, 7) is 3.48. The summed E-state index contributed by atoms with van der Waals surface area (Å²) >= 11 is 9.36. The number of halogens is 2. The number of anilines is 1. The van der Waals surface area contributed by atoms with Crippen molar-refractivity contribution in [3.05, 3.63) is 27.2 Å². The molecule has 1 aromatic carbocycles. The van der Waals surface area contributed by atoms with Crippen LogP contribution in [-0.2, 0) is 4.79 Å². The Kier molecular flexibility index (Phi) is 4.98. The second-order valence-electron chi connectivity index (χ2n) is 3.80. The molecule has 0 aliphatic rings. The third-order valence-corrected chi connectivity index (χ3v) is 3.32. The quantitative estimate of drug-likeness (QED) is 0.793. The first-order valence-electron chi connectivity index (χ1n) is 5.13. The smallest absolute Gasteiger partial charge is 0.318 e. The molecule has 1 unspecified atom stereocenters. The molecule has 0 aromatic heterocycles. The number of hydrogen-bond acceptors (Lipinski definition) is 3. The van der Waals surface area contributed by atoms with Crippen LogP contribution in [0.1, 0.15) is 12.5 Å². The SMILES string of the molecule is Cc1cc(Br)c(NC(C)C(=O)NC(N)=O)cc1Cl. The fourth-order valence-electron chi connectivity index (χ4n) is 1.29. The van der Waals surface area contributed by atoms with Gasteiger partial charge in [0.15, 0.2) is 0 Å². The minimum Gasteiger partial charge on any atom is -0.373 e. The second kappa shape index (κ2) is 6.06. The van der Waals surface area contributed by atoms with E-state index in [1.165, 1.54) is 0 Å². The van der Waals surface area contributed by atoms with Crippen molar-refractivity contribution in [1.29, 1.82) is 0 Å². The number of imide groups is 1. The zero-order valence-electron chi connectivity index (χ0n) is 9.88. The van der Waals surface area contributed by atoms with Gasteiger partial charge in [0.1, 0.15) is 6.04 Å². The Hall–Kier alpha value is -1.27. The van der Waals surface area contributed by atoms with Crippen LogP contribution in [0.5, 0.6) is 0 Å². The Bertz CT molecular complexity index is 493. The molecule has 0 heterocycles. The van der Waals surface area contributed by atoms with E-state index in [0.717, 1.165) is 10.0 Å². The largest absolute Gasteiger partial charge is 0.373 e. The van der Waals surface area contributed by atoms with E-state index < -0.39 is 18.0 Å². The third kappa shape index (κ3) is 3.89. The first-order valence-corrected chi connectivity index (χ1v) is 6.31. The van der Waals surface area contributed by atoms with Gasteiger partial charge in [-0.25, -0.2) is 4.79 Å². The fraction of sp³-hybridized carbons (Fsp3) is 0.273. The highest BCUT2D eigenvalue weighted by molar-refractivity contribution is 9.10. The summed E-state index contributed by atoms with van der Waals surface area (Å²) < 4.78 is 0.781. The molecule has 1 aromatic rings. The van der Waals surface area contributed by atoms with E-state index in [0.29, 0.717) is 10.7 Å². The number of hydrogen-bond donors (Lipinski definition) is 3. The Morgan fingerprint density at radius 2 is 2.06 bits per heavy atom. The van der Waals surface area contributed by atoms with Crippen LogP contribution in [0.4, 0.5) is 10.5 Å². The number of amides is 3. The number of carbonyl (C=O) groups excluding carboxylic acids is 2. The van der Waals surface area contributed by atoms with Gasteiger partial charge in [-0.1, -0.05) is 11.6 Å². The van der Waals surface area contributed by atoms with Crippen molar-refractivity contribution in [3.63, 3.8) is 0 Å². The minimum absolute atomic E-state index is 0.508. The molecule has 98 valence electrons. The average Bonchev–Trinajstić information content (AvgIpc) is 2.24. The highest BCUT2D eigenvalue weighted by Crippen LogP contribution is 2.29. The van der Waals surface area contributed by atoms with E-state index >= 15 is 0 Å². The Balaban J connectivity index is 2.81. The highest BCUT2D eigenvalue weighted by atomic mass is 79.9. The Morgan fingerprint density at radius 1 is 1.44 bits per heavy atom. The maximum atomic E-state index is 11.5. The van der Waals surface area contributed by atoms with E-state index in [4.69, 9.17) is 17.3 Å². The van der Waals surface area contributed by atoms with Crippen LogP contribution in [0.3, 0.4) is 0 Å². The minimum atomic E-state index is -0.880. The van der Waals surface area contributed by atoms with Crippen LogP contribution in [0.25, 0.3) is 0 Å². The number of nitrogens with two attached hydrogens (primary N) is 1. The van der Waals surface area contributed by atoms with Crippen molar-refractivity contribution in [3.8, 4) is 0 Å². The molecule has 1 rings (SSSR count). The zero-order valence-corrected chi connectivity index (χ0v) is 12.2. The summed E-state index contributed by atoms with van der Waals surface area (Å²) in [4.78, 5) is 22.1. The van der Waals surface area contributed by atoms with Crippen molar-refractivity contribution < 1.29 is 9.59 Å². The van der Waals surface area contributed by atoms with Crippen molar-refractivity contribution >= 4 is 45.2 Å². The lowest BCUT2D eigenvalue weighted by Gasteiger charge is -2.16. The first-order chi connectivity index (χ1) is 8.31. The number of urea groups is 1. The van der Waals surface area contributed by atoms with Crippen molar-refractivity contribution in [2.45, 2.75) is 19.9 Å². The molecule has 0 saturated heterocycles. The van der Waals surface area contributed by atoms with Gasteiger partial charge in [-0.3, -0.25) is 10.1 Å². The lowest BCUT2D eigenvalue weighted by atomic mass is 10.2. The predicted octanol–water partition coefficient (Wildman–Crippen LogP) is 2.41. The summed E-state index contributed by atoms with van der Waals surface area (Å²) in [5.74, 6) is -0.508. The van der Waals surface area contributed by atoms with Gasteiger partial charge in [-0.15, -0.1) is 0 Å². The standard InChI is InChI=1S/C11H13BrClN3O2/c1-5-3-7(12)9(4-8(5)13)15-6(2)10(17)16-11(14)18/h3-4,6,15H,1-2H3,(H3,14,16,17,18).